The van der Waals surface area contributed by atoms with Crippen LogP contribution in [0.5, 0.6) is 0 Å². The van der Waals surface area contributed by atoms with Crippen LogP contribution in [0.4, 0.5) is 0 Å². The van der Waals surface area contributed by atoms with Gasteiger partial charge in [0.2, 0.25) is 10.0 Å². The van der Waals surface area contributed by atoms with Gasteiger partial charge in [0, 0.05) is 12.6 Å². The van der Waals surface area contributed by atoms with Crippen LogP contribution in [0.25, 0.3) is 0 Å². The molecule has 0 aliphatic carbocycles. The molecule has 4 nitrogen and oxygen atoms in total. The standard InChI is InChI=1S/C15H26N2O2S/c1-5-12(2)10-13(3)17-20(18,19)15-9-7-6-8-14(15)11-16-4/h6-9,12-13,16-17H,5,10-11H2,1-4H3. The predicted octanol–water partition coefficient (Wildman–Crippen LogP) is 2.51. The molecule has 0 saturated carbocycles. The Morgan fingerprint density at radius 3 is 2.45 bits per heavy atom. The Morgan fingerprint density at radius 2 is 1.85 bits per heavy atom. The summed E-state index contributed by atoms with van der Waals surface area (Å²) in [4.78, 5) is 0.366. The van der Waals surface area contributed by atoms with Gasteiger partial charge in [-0.25, -0.2) is 13.1 Å². The SMILES string of the molecule is CCC(C)CC(C)NS(=O)(=O)c1ccccc1CNC. The van der Waals surface area contributed by atoms with E-state index in [1.165, 1.54) is 0 Å². The second kappa shape index (κ2) is 7.76. The summed E-state index contributed by atoms with van der Waals surface area (Å²) in [5.74, 6) is 0.514. The summed E-state index contributed by atoms with van der Waals surface area (Å²) >= 11 is 0. The Morgan fingerprint density at radius 1 is 1.20 bits per heavy atom. The van der Waals surface area contributed by atoms with Crippen LogP contribution in [-0.2, 0) is 16.6 Å². The smallest absolute Gasteiger partial charge is 0.241 e. The fraction of sp³-hybridized carbons (Fsp3) is 0.600. The van der Waals surface area contributed by atoms with Crippen molar-refractivity contribution in [1.29, 1.82) is 0 Å². The van der Waals surface area contributed by atoms with Crippen LogP contribution in [0.3, 0.4) is 0 Å². The fourth-order valence-corrected chi connectivity index (χ4v) is 3.75. The average Bonchev–Trinajstić information content (AvgIpc) is 2.38. The first kappa shape index (κ1) is 17.1. The molecule has 2 atom stereocenters. The summed E-state index contributed by atoms with van der Waals surface area (Å²) in [5, 5.41) is 3.00. The molecule has 1 aromatic rings. The number of rotatable bonds is 8. The van der Waals surface area contributed by atoms with Gasteiger partial charge in [-0.3, -0.25) is 0 Å². The van der Waals surface area contributed by atoms with E-state index < -0.39 is 10.0 Å². The lowest BCUT2D eigenvalue weighted by Gasteiger charge is -2.18. The molecule has 0 heterocycles. The largest absolute Gasteiger partial charge is 0.316 e. The van der Waals surface area contributed by atoms with Crippen molar-refractivity contribution in [1.82, 2.24) is 10.0 Å². The van der Waals surface area contributed by atoms with E-state index in [0.717, 1.165) is 18.4 Å². The second-order valence-electron chi connectivity index (χ2n) is 5.41. The summed E-state index contributed by atoms with van der Waals surface area (Å²) in [7, 11) is -1.65. The van der Waals surface area contributed by atoms with E-state index >= 15 is 0 Å². The van der Waals surface area contributed by atoms with Gasteiger partial charge in [0.15, 0.2) is 0 Å². The molecule has 0 bridgehead atoms. The van der Waals surface area contributed by atoms with Crippen molar-refractivity contribution in [2.45, 2.75) is 51.1 Å². The van der Waals surface area contributed by atoms with Crippen LogP contribution >= 0.6 is 0 Å². The van der Waals surface area contributed by atoms with Gasteiger partial charge in [-0.2, -0.15) is 0 Å². The summed E-state index contributed by atoms with van der Waals surface area (Å²) in [6, 6.07) is 7.05. The van der Waals surface area contributed by atoms with Gasteiger partial charge in [0.05, 0.1) is 4.90 Å². The molecule has 20 heavy (non-hydrogen) atoms. The quantitative estimate of drug-likeness (QED) is 0.775. The topological polar surface area (TPSA) is 58.2 Å². The lowest BCUT2D eigenvalue weighted by atomic mass is 10.0. The molecule has 5 heteroatoms. The molecular weight excluding hydrogens is 272 g/mol. The number of hydrogen-bond donors (Lipinski definition) is 2. The highest BCUT2D eigenvalue weighted by atomic mass is 32.2. The van der Waals surface area contributed by atoms with E-state index in [2.05, 4.69) is 23.9 Å². The van der Waals surface area contributed by atoms with Gasteiger partial charge in [0.1, 0.15) is 0 Å². The molecular formula is C15H26N2O2S. The van der Waals surface area contributed by atoms with Crippen molar-refractivity contribution in [3.05, 3.63) is 29.8 Å². The number of benzene rings is 1. The molecule has 0 aliphatic rings. The van der Waals surface area contributed by atoms with Gasteiger partial charge in [-0.05, 0) is 37.9 Å². The highest BCUT2D eigenvalue weighted by Gasteiger charge is 2.20. The van der Waals surface area contributed by atoms with E-state index in [1.807, 2.05) is 26.1 Å². The monoisotopic (exact) mass is 298 g/mol. The molecule has 0 radical (unpaired) electrons. The number of hydrogen-bond acceptors (Lipinski definition) is 3. The fourth-order valence-electron chi connectivity index (χ4n) is 2.25. The van der Waals surface area contributed by atoms with Crippen molar-refractivity contribution in [2.75, 3.05) is 7.05 Å². The molecule has 0 aliphatic heterocycles. The summed E-state index contributed by atoms with van der Waals surface area (Å²) in [6.45, 7) is 6.72. The van der Waals surface area contributed by atoms with Gasteiger partial charge >= 0.3 is 0 Å². The second-order valence-corrected chi connectivity index (χ2v) is 7.09. The third kappa shape index (κ3) is 4.89. The van der Waals surface area contributed by atoms with Gasteiger partial charge in [-0.15, -0.1) is 0 Å². The zero-order valence-electron chi connectivity index (χ0n) is 12.8. The molecule has 0 spiro atoms. The maximum absolute atomic E-state index is 12.5. The normalized spacial score (nSPS) is 15.0. The predicted molar refractivity (Wildman–Crippen MR) is 83.1 cm³/mol. The zero-order valence-corrected chi connectivity index (χ0v) is 13.6. The minimum atomic E-state index is -3.46. The van der Waals surface area contributed by atoms with Crippen LogP contribution in [-0.4, -0.2) is 21.5 Å². The molecule has 1 aromatic carbocycles. The molecule has 0 fully saturated rings. The lowest BCUT2D eigenvalue weighted by Crippen LogP contribution is -2.34. The van der Waals surface area contributed by atoms with Gasteiger partial charge < -0.3 is 5.32 Å². The minimum Gasteiger partial charge on any atom is -0.316 e. The van der Waals surface area contributed by atoms with E-state index in [9.17, 15) is 8.42 Å². The highest BCUT2D eigenvalue weighted by molar-refractivity contribution is 7.89. The van der Waals surface area contributed by atoms with Crippen molar-refractivity contribution >= 4 is 10.0 Å². The highest BCUT2D eigenvalue weighted by Crippen LogP contribution is 2.17. The first-order valence-corrected chi connectivity index (χ1v) is 8.63. The molecule has 2 N–H and O–H groups in total. The first-order chi connectivity index (χ1) is 9.40. The van der Waals surface area contributed by atoms with Crippen molar-refractivity contribution in [2.24, 2.45) is 5.92 Å². The third-order valence-corrected chi connectivity index (χ3v) is 5.13. The van der Waals surface area contributed by atoms with Crippen molar-refractivity contribution in [3.8, 4) is 0 Å². The van der Waals surface area contributed by atoms with Crippen molar-refractivity contribution < 1.29 is 8.42 Å². The average molecular weight is 298 g/mol. The third-order valence-electron chi connectivity index (χ3n) is 3.44. The van der Waals surface area contributed by atoms with E-state index in [4.69, 9.17) is 0 Å². The Kier molecular flexibility index (Phi) is 6.65. The van der Waals surface area contributed by atoms with Gasteiger partial charge in [0.25, 0.3) is 0 Å². The molecule has 114 valence electrons. The van der Waals surface area contributed by atoms with E-state index in [-0.39, 0.29) is 6.04 Å². The Labute approximate surface area is 123 Å². The van der Waals surface area contributed by atoms with E-state index in [1.54, 1.807) is 12.1 Å². The summed E-state index contributed by atoms with van der Waals surface area (Å²) in [6.07, 6.45) is 1.91. The molecule has 0 aromatic heterocycles. The summed E-state index contributed by atoms with van der Waals surface area (Å²) < 4.78 is 27.7. The number of nitrogens with one attached hydrogen (secondary N) is 2. The van der Waals surface area contributed by atoms with Crippen LogP contribution in [0, 0.1) is 5.92 Å². The van der Waals surface area contributed by atoms with Crippen molar-refractivity contribution in [3.63, 3.8) is 0 Å². The van der Waals surface area contributed by atoms with Gasteiger partial charge in [-0.1, -0.05) is 38.5 Å². The molecule has 0 amide bonds. The molecule has 0 saturated heterocycles. The van der Waals surface area contributed by atoms with Crippen LogP contribution < -0.4 is 10.0 Å². The van der Waals surface area contributed by atoms with E-state index in [0.29, 0.717) is 17.4 Å². The first-order valence-electron chi connectivity index (χ1n) is 7.15. The molecule has 2 unspecified atom stereocenters. The lowest BCUT2D eigenvalue weighted by molar-refractivity contribution is 0.445. The zero-order chi connectivity index (χ0) is 15.2. The van der Waals surface area contributed by atoms with Crippen LogP contribution in [0.2, 0.25) is 0 Å². The maximum Gasteiger partial charge on any atom is 0.241 e. The maximum atomic E-state index is 12.5. The Hall–Kier alpha value is -0.910. The van der Waals surface area contributed by atoms with Crippen LogP contribution in [0.1, 0.15) is 39.2 Å². The minimum absolute atomic E-state index is 0.0578. The Balaban J connectivity index is 2.88. The molecule has 1 rings (SSSR count). The number of sulfonamides is 1. The summed E-state index contributed by atoms with van der Waals surface area (Å²) in [5.41, 5.74) is 0.790. The Bertz CT molecular complexity index is 514. The van der Waals surface area contributed by atoms with Crippen LogP contribution in [0.15, 0.2) is 29.2 Å².